The first-order chi connectivity index (χ1) is 12.6. The number of halogens is 3. The predicted octanol–water partition coefficient (Wildman–Crippen LogP) is 3.94. The largest absolute Gasteiger partial charge is 0.357 e. The summed E-state index contributed by atoms with van der Waals surface area (Å²) in [4.78, 5) is 7.01. The highest BCUT2D eigenvalue weighted by Gasteiger charge is 2.26. The Morgan fingerprint density at radius 2 is 2.26 bits per heavy atom. The highest BCUT2D eigenvalue weighted by Crippen LogP contribution is 2.26. The van der Waals surface area contributed by atoms with Gasteiger partial charge in [-0.15, -0.1) is 24.0 Å². The average Bonchev–Trinajstić information content (AvgIpc) is 3.26. The third-order valence-electron chi connectivity index (χ3n) is 4.67. The van der Waals surface area contributed by atoms with Crippen LogP contribution in [-0.4, -0.2) is 46.8 Å². The first-order valence-corrected chi connectivity index (χ1v) is 9.82. The van der Waals surface area contributed by atoms with Gasteiger partial charge < -0.3 is 10.2 Å². The zero-order valence-corrected chi connectivity index (χ0v) is 19.6. The van der Waals surface area contributed by atoms with Gasteiger partial charge in [0, 0.05) is 49.8 Å². The van der Waals surface area contributed by atoms with Crippen LogP contribution in [0.3, 0.4) is 0 Å². The first-order valence-electron chi connectivity index (χ1n) is 9.02. The second-order valence-corrected chi connectivity index (χ2v) is 7.52. The zero-order chi connectivity index (χ0) is 18.5. The smallest absolute Gasteiger partial charge is 0.193 e. The fraction of sp³-hybridized carbons (Fsp3) is 0.474. The van der Waals surface area contributed by atoms with Gasteiger partial charge in [0.2, 0.25) is 0 Å². The lowest BCUT2D eigenvalue weighted by molar-refractivity contribution is 0.486. The normalized spacial score (nSPS) is 17.1. The Morgan fingerprint density at radius 3 is 2.96 bits per heavy atom. The second-order valence-electron chi connectivity index (χ2n) is 6.60. The third-order valence-corrected chi connectivity index (χ3v) is 5.16. The number of hydrogen-bond acceptors (Lipinski definition) is 2. The van der Waals surface area contributed by atoms with Crippen LogP contribution in [0.2, 0.25) is 0 Å². The standard InChI is InChI=1S/C19H25BrFN5.HI/c1-3-22-19(23-8-6-14-10-17(20)4-5-18(14)21)26-9-7-15(13-26)16-11-24-25(2)12-16;/h4-5,10-12,15H,3,6-9,13H2,1-2H3,(H,22,23);1H. The molecule has 1 atom stereocenters. The number of nitrogens with zero attached hydrogens (tertiary/aromatic N) is 4. The molecule has 2 aromatic rings. The van der Waals surface area contributed by atoms with E-state index in [4.69, 9.17) is 4.99 Å². The Hall–Kier alpha value is -1.16. The van der Waals surface area contributed by atoms with Crippen LogP contribution in [0.1, 0.15) is 30.4 Å². The molecule has 0 spiro atoms. The van der Waals surface area contributed by atoms with Crippen LogP contribution >= 0.6 is 39.9 Å². The van der Waals surface area contributed by atoms with Gasteiger partial charge in [-0.05, 0) is 49.1 Å². The van der Waals surface area contributed by atoms with Gasteiger partial charge in [-0.2, -0.15) is 5.10 Å². The van der Waals surface area contributed by atoms with Gasteiger partial charge in [0.25, 0.3) is 0 Å². The molecule has 1 aliphatic rings. The maximum absolute atomic E-state index is 13.9. The molecule has 2 heterocycles. The number of nitrogens with one attached hydrogen (secondary N) is 1. The fourth-order valence-corrected chi connectivity index (χ4v) is 3.73. The van der Waals surface area contributed by atoms with E-state index in [0.29, 0.717) is 24.4 Å². The molecule has 0 aliphatic carbocycles. The molecule has 0 radical (unpaired) electrons. The molecule has 1 aromatic carbocycles. The Balaban J connectivity index is 0.00000261. The molecule has 1 N–H and O–H groups in total. The van der Waals surface area contributed by atoms with Crippen LogP contribution < -0.4 is 5.32 Å². The van der Waals surface area contributed by atoms with E-state index in [2.05, 4.69) is 44.4 Å². The molecular weight excluding hydrogens is 524 g/mol. The summed E-state index contributed by atoms with van der Waals surface area (Å²) in [5, 5.41) is 7.64. The molecule has 1 aromatic heterocycles. The topological polar surface area (TPSA) is 45.5 Å². The summed E-state index contributed by atoms with van der Waals surface area (Å²) in [5.41, 5.74) is 1.97. The van der Waals surface area contributed by atoms with E-state index in [1.165, 1.54) is 11.6 Å². The van der Waals surface area contributed by atoms with Crippen LogP contribution in [0.25, 0.3) is 0 Å². The van der Waals surface area contributed by atoms with Gasteiger partial charge in [0.1, 0.15) is 5.82 Å². The van der Waals surface area contributed by atoms with Gasteiger partial charge in [-0.3, -0.25) is 9.67 Å². The third kappa shape index (κ3) is 5.91. The Bertz CT molecular complexity index is 779. The number of likely N-dealkylation sites (tertiary alicyclic amines) is 1. The van der Waals surface area contributed by atoms with Crippen LogP contribution in [0.5, 0.6) is 0 Å². The minimum Gasteiger partial charge on any atom is -0.357 e. The molecule has 3 rings (SSSR count). The van der Waals surface area contributed by atoms with E-state index in [1.54, 1.807) is 6.07 Å². The monoisotopic (exact) mass is 549 g/mol. The van der Waals surface area contributed by atoms with Crippen LogP contribution in [-0.2, 0) is 13.5 Å². The Morgan fingerprint density at radius 1 is 1.44 bits per heavy atom. The molecule has 27 heavy (non-hydrogen) atoms. The number of aliphatic imine (C=N–C) groups is 1. The molecule has 1 fully saturated rings. The van der Waals surface area contributed by atoms with Crippen molar-refractivity contribution in [3.8, 4) is 0 Å². The molecule has 1 unspecified atom stereocenters. The Kier molecular flexibility index (Phi) is 8.53. The van der Waals surface area contributed by atoms with E-state index in [9.17, 15) is 4.39 Å². The number of guanidine groups is 1. The van der Waals surface area contributed by atoms with Crippen molar-refractivity contribution < 1.29 is 4.39 Å². The lowest BCUT2D eigenvalue weighted by Gasteiger charge is -2.21. The number of aryl methyl sites for hydroxylation is 1. The van der Waals surface area contributed by atoms with E-state index in [0.717, 1.165) is 36.5 Å². The van der Waals surface area contributed by atoms with Crippen LogP contribution in [0.15, 0.2) is 40.1 Å². The summed E-state index contributed by atoms with van der Waals surface area (Å²) in [6, 6.07) is 5.04. The number of hydrogen-bond donors (Lipinski definition) is 1. The highest BCUT2D eigenvalue weighted by molar-refractivity contribution is 14.0. The van der Waals surface area contributed by atoms with E-state index < -0.39 is 0 Å². The van der Waals surface area contributed by atoms with Crippen molar-refractivity contribution in [2.24, 2.45) is 12.0 Å². The SMILES string of the molecule is CCNC(=NCCc1cc(Br)ccc1F)N1CCC(c2cnn(C)c2)C1.I. The molecule has 1 aliphatic heterocycles. The number of rotatable bonds is 5. The zero-order valence-electron chi connectivity index (χ0n) is 15.7. The van der Waals surface area contributed by atoms with E-state index >= 15 is 0 Å². The summed E-state index contributed by atoms with van der Waals surface area (Å²) in [6.07, 6.45) is 5.72. The van der Waals surface area contributed by atoms with Gasteiger partial charge in [0.15, 0.2) is 5.96 Å². The van der Waals surface area contributed by atoms with Gasteiger partial charge in [-0.25, -0.2) is 4.39 Å². The van der Waals surface area contributed by atoms with Gasteiger partial charge in [-0.1, -0.05) is 15.9 Å². The van der Waals surface area contributed by atoms with Crippen molar-refractivity contribution in [3.63, 3.8) is 0 Å². The van der Waals surface area contributed by atoms with Crippen LogP contribution in [0.4, 0.5) is 4.39 Å². The predicted molar refractivity (Wildman–Crippen MR) is 121 cm³/mol. The lowest BCUT2D eigenvalue weighted by Crippen LogP contribution is -2.40. The van der Waals surface area contributed by atoms with Crippen LogP contribution in [0, 0.1) is 5.82 Å². The molecule has 0 amide bonds. The summed E-state index contributed by atoms with van der Waals surface area (Å²) in [6.45, 7) is 5.35. The van der Waals surface area contributed by atoms with Crippen molar-refractivity contribution >= 4 is 45.9 Å². The quantitative estimate of drug-likeness (QED) is 0.349. The fourth-order valence-electron chi connectivity index (χ4n) is 3.32. The minimum absolute atomic E-state index is 0. The molecule has 148 valence electrons. The molecule has 1 saturated heterocycles. The van der Waals surface area contributed by atoms with Gasteiger partial charge >= 0.3 is 0 Å². The van der Waals surface area contributed by atoms with Crippen molar-refractivity contribution in [2.75, 3.05) is 26.2 Å². The molecule has 5 nitrogen and oxygen atoms in total. The van der Waals surface area contributed by atoms with E-state index in [1.807, 2.05) is 24.0 Å². The van der Waals surface area contributed by atoms with Crippen molar-refractivity contribution in [1.29, 1.82) is 0 Å². The van der Waals surface area contributed by atoms with Crippen molar-refractivity contribution in [1.82, 2.24) is 20.0 Å². The highest BCUT2D eigenvalue weighted by atomic mass is 127. The average molecular weight is 550 g/mol. The molecule has 0 bridgehead atoms. The lowest BCUT2D eigenvalue weighted by atomic mass is 10.0. The van der Waals surface area contributed by atoms with Crippen molar-refractivity contribution in [2.45, 2.75) is 25.7 Å². The van der Waals surface area contributed by atoms with Gasteiger partial charge in [0.05, 0.1) is 6.20 Å². The second kappa shape index (κ2) is 10.4. The summed E-state index contributed by atoms with van der Waals surface area (Å²) < 4.78 is 16.6. The van der Waals surface area contributed by atoms with Crippen molar-refractivity contribution in [3.05, 3.63) is 52.0 Å². The molecular formula is C19H26BrFIN5. The number of benzene rings is 1. The summed E-state index contributed by atoms with van der Waals surface area (Å²) >= 11 is 3.40. The maximum atomic E-state index is 13.9. The Labute approximate surface area is 185 Å². The molecule has 8 heteroatoms. The summed E-state index contributed by atoms with van der Waals surface area (Å²) in [7, 11) is 1.95. The minimum atomic E-state index is -0.175. The molecule has 0 saturated carbocycles. The first kappa shape index (κ1) is 22.1. The maximum Gasteiger partial charge on any atom is 0.193 e. The van der Waals surface area contributed by atoms with E-state index in [-0.39, 0.29) is 29.8 Å². The summed E-state index contributed by atoms with van der Waals surface area (Å²) in [5.74, 6) is 1.22. The number of aromatic nitrogens is 2.